The lowest BCUT2D eigenvalue weighted by Crippen LogP contribution is -2.09. The molecule has 0 aliphatic heterocycles. The van der Waals surface area contributed by atoms with Crippen molar-refractivity contribution in [2.75, 3.05) is 0 Å². The van der Waals surface area contributed by atoms with Crippen molar-refractivity contribution in [3.05, 3.63) is 64.3 Å². The summed E-state index contributed by atoms with van der Waals surface area (Å²) in [4.78, 5) is 24.9. The number of halogens is 1. The van der Waals surface area contributed by atoms with E-state index in [-0.39, 0.29) is 12.4 Å². The van der Waals surface area contributed by atoms with Gasteiger partial charge in [-0.05, 0) is 31.5 Å². The maximum absolute atomic E-state index is 12.3. The molecule has 0 saturated heterocycles. The molecule has 130 valence electrons. The Bertz CT molecular complexity index is 1160. The molecule has 0 saturated carbocycles. The van der Waals surface area contributed by atoms with Gasteiger partial charge in [-0.15, -0.1) is 5.10 Å². The third kappa shape index (κ3) is 2.76. The first kappa shape index (κ1) is 16.4. The predicted molar refractivity (Wildman–Crippen MR) is 96.1 cm³/mol. The molecule has 3 aromatic heterocycles. The molecule has 0 N–H and O–H groups in total. The fraction of sp³-hybridized carbons (Fsp3) is 0.167. The number of fused-ring (bicyclic) bond motifs is 2. The van der Waals surface area contributed by atoms with Crippen molar-refractivity contribution in [1.29, 1.82) is 0 Å². The van der Waals surface area contributed by atoms with E-state index in [1.165, 1.54) is 4.52 Å². The molecule has 0 amide bonds. The van der Waals surface area contributed by atoms with Crippen LogP contribution in [0.15, 0.2) is 36.5 Å². The number of aryl methyl sites for hydroxylation is 2. The molecule has 0 atom stereocenters. The zero-order valence-corrected chi connectivity index (χ0v) is 14.9. The predicted octanol–water partition coefficient (Wildman–Crippen LogP) is 3.30. The molecule has 0 aliphatic rings. The smallest absolute Gasteiger partial charge is 0.378 e. The zero-order chi connectivity index (χ0) is 18.3. The molecule has 0 aliphatic carbocycles. The van der Waals surface area contributed by atoms with Gasteiger partial charge in [0.15, 0.2) is 0 Å². The number of hydrogen-bond donors (Lipinski definition) is 0. The van der Waals surface area contributed by atoms with Gasteiger partial charge in [0.25, 0.3) is 11.6 Å². The van der Waals surface area contributed by atoms with Gasteiger partial charge in [-0.25, -0.2) is 19.3 Å². The number of pyridine rings is 1. The number of para-hydroxylation sites is 1. The minimum absolute atomic E-state index is 0.0552. The van der Waals surface area contributed by atoms with E-state index in [1.807, 2.05) is 38.1 Å². The van der Waals surface area contributed by atoms with Crippen LogP contribution in [-0.4, -0.2) is 30.5 Å². The Balaban J connectivity index is 1.60. The van der Waals surface area contributed by atoms with Crippen molar-refractivity contribution in [2.45, 2.75) is 20.5 Å². The SMILES string of the molecule is Cc1c(Cl)c(COC(=O)c2nc3nccc(C)n3n2)nc2ccccc12. The minimum atomic E-state index is -0.654. The Morgan fingerprint density at radius 3 is 2.81 bits per heavy atom. The maximum atomic E-state index is 12.3. The first-order valence-electron chi connectivity index (χ1n) is 7.94. The second-order valence-electron chi connectivity index (χ2n) is 5.82. The van der Waals surface area contributed by atoms with Crippen LogP contribution < -0.4 is 0 Å². The zero-order valence-electron chi connectivity index (χ0n) is 14.1. The summed E-state index contributed by atoms with van der Waals surface area (Å²) in [6.07, 6.45) is 1.61. The average molecular weight is 368 g/mol. The van der Waals surface area contributed by atoms with E-state index in [2.05, 4.69) is 20.1 Å². The van der Waals surface area contributed by atoms with Crippen LogP contribution in [0.25, 0.3) is 16.7 Å². The Morgan fingerprint density at radius 2 is 2.00 bits per heavy atom. The first-order valence-corrected chi connectivity index (χ1v) is 8.31. The second kappa shape index (κ2) is 6.34. The Hall–Kier alpha value is -3.06. The summed E-state index contributed by atoms with van der Waals surface area (Å²) in [7, 11) is 0. The van der Waals surface area contributed by atoms with Gasteiger partial charge in [-0.2, -0.15) is 4.98 Å². The van der Waals surface area contributed by atoms with Crippen LogP contribution in [0.4, 0.5) is 0 Å². The summed E-state index contributed by atoms with van der Waals surface area (Å²) >= 11 is 6.39. The lowest BCUT2D eigenvalue weighted by molar-refractivity contribution is 0.0454. The standard InChI is InChI=1S/C18H14ClN5O2/c1-10-7-8-20-18-22-16(23-24(10)18)17(25)26-9-14-15(19)11(2)12-5-3-4-6-13(12)21-14/h3-8H,9H2,1-2H3. The number of carbonyl (C=O) groups excluding carboxylic acids is 1. The number of ether oxygens (including phenoxy) is 1. The summed E-state index contributed by atoms with van der Waals surface area (Å²) in [6.45, 7) is 3.70. The number of aromatic nitrogens is 5. The number of carbonyl (C=O) groups is 1. The monoisotopic (exact) mass is 367 g/mol. The molecule has 0 bridgehead atoms. The summed E-state index contributed by atoms with van der Waals surface area (Å²) in [6, 6.07) is 9.45. The van der Waals surface area contributed by atoms with E-state index in [9.17, 15) is 4.79 Å². The molecule has 3 heterocycles. The fourth-order valence-corrected chi connectivity index (χ4v) is 2.90. The van der Waals surface area contributed by atoms with E-state index in [4.69, 9.17) is 16.3 Å². The van der Waals surface area contributed by atoms with Gasteiger partial charge in [0, 0.05) is 17.3 Å². The molecule has 0 unspecified atom stereocenters. The quantitative estimate of drug-likeness (QED) is 0.517. The van der Waals surface area contributed by atoms with Crippen LogP contribution in [0.2, 0.25) is 5.02 Å². The minimum Gasteiger partial charge on any atom is -0.453 e. The fourth-order valence-electron chi connectivity index (χ4n) is 2.70. The first-order chi connectivity index (χ1) is 12.5. The van der Waals surface area contributed by atoms with E-state index >= 15 is 0 Å². The maximum Gasteiger partial charge on any atom is 0.378 e. The normalized spacial score (nSPS) is 11.2. The Kier molecular flexibility index (Phi) is 4.00. The van der Waals surface area contributed by atoms with E-state index < -0.39 is 5.97 Å². The van der Waals surface area contributed by atoms with Crippen molar-refractivity contribution in [1.82, 2.24) is 24.6 Å². The Morgan fingerprint density at radius 1 is 1.19 bits per heavy atom. The van der Waals surface area contributed by atoms with Crippen LogP contribution in [0.3, 0.4) is 0 Å². The van der Waals surface area contributed by atoms with Gasteiger partial charge < -0.3 is 4.74 Å². The summed E-state index contributed by atoms with van der Waals surface area (Å²) in [5.74, 6) is -0.367. The van der Waals surface area contributed by atoms with Crippen molar-refractivity contribution in [3.8, 4) is 0 Å². The molecule has 4 aromatic rings. The highest BCUT2D eigenvalue weighted by molar-refractivity contribution is 6.32. The number of esters is 1. The highest BCUT2D eigenvalue weighted by atomic mass is 35.5. The molecule has 0 fully saturated rings. The summed E-state index contributed by atoms with van der Waals surface area (Å²) in [5, 5.41) is 5.58. The van der Waals surface area contributed by atoms with Crippen LogP contribution in [0.5, 0.6) is 0 Å². The molecule has 0 spiro atoms. The van der Waals surface area contributed by atoms with Crippen LogP contribution in [0, 0.1) is 13.8 Å². The highest BCUT2D eigenvalue weighted by Gasteiger charge is 2.18. The van der Waals surface area contributed by atoms with E-state index in [0.29, 0.717) is 16.5 Å². The van der Waals surface area contributed by atoms with E-state index in [0.717, 1.165) is 22.2 Å². The second-order valence-corrected chi connectivity index (χ2v) is 6.20. The Labute approximate surface area is 153 Å². The largest absolute Gasteiger partial charge is 0.453 e. The molecule has 1 aromatic carbocycles. The average Bonchev–Trinajstić information content (AvgIpc) is 3.09. The number of rotatable bonds is 3. The third-order valence-corrected chi connectivity index (χ3v) is 4.60. The van der Waals surface area contributed by atoms with Gasteiger partial charge >= 0.3 is 5.97 Å². The number of nitrogens with zero attached hydrogens (tertiary/aromatic N) is 5. The summed E-state index contributed by atoms with van der Waals surface area (Å²) in [5.41, 5.74) is 3.01. The van der Waals surface area contributed by atoms with Crippen molar-refractivity contribution >= 4 is 34.3 Å². The molecule has 7 nitrogen and oxygen atoms in total. The molecular weight excluding hydrogens is 354 g/mol. The molecular formula is C18H14ClN5O2. The topological polar surface area (TPSA) is 82.3 Å². The lowest BCUT2D eigenvalue weighted by Gasteiger charge is -2.09. The molecule has 26 heavy (non-hydrogen) atoms. The van der Waals surface area contributed by atoms with Gasteiger partial charge in [-0.3, -0.25) is 0 Å². The van der Waals surface area contributed by atoms with Gasteiger partial charge in [0.05, 0.1) is 16.2 Å². The van der Waals surface area contributed by atoms with Crippen molar-refractivity contribution in [3.63, 3.8) is 0 Å². The van der Waals surface area contributed by atoms with Crippen LogP contribution in [-0.2, 0) is 11.3 Å². The highest BCUT2D eigenvalue weighted by Crippen LogP contribution is 2.27. The number of hydrogen-bond acceptors (Lipinski definition) is 6. The van der Waals surface area contributed by atoms with E-state index in [1.54, 1.807) is 12.3 Å². The van der Waals surface area contributed by atoms with Crippen molar-refractivity contribution in [2.24, 2.45) is 0 Å². The van der Waals surface area contributed by atoms with Crippen LogP contribution >= 0.6 is 11.6 Å². The summed E-state index contributed by atoms with van der Waals surface area (Å²) < 4.78 is 6.80. The molecule has 8 heteroatoms. The van der Waals surface area contributed by atoms with Gasteiger partial charge in [-0.1, -0.05) is 29.8 Å². The van der Waals surface area contributed by atoms with Gasteiger partial charge in [0.1, 0.15) is 6.61 Å². The number of benzene rings is 1. The third-order valence-electron chi connectivity index (χ3n) is 4.10. The van der Waals surface area contributed by atoms with Gasteiger partial charge in [0.2, 0.25) is 0 Å². The van der Waals surface area contributed by atoms with Crippen LogP contribution in [0.1, 0.15) is 27.6 Å². The lowest BCUT2D eigenvalue weighted by atomic mass is 10.1. The molecule has 0 radical (unpaired) electrons. The van der Waals surface area contributed by atoms with Crippen molar-refractivity contribution < 1.29 is 9.53 Å². The molecule has 4 rings (SSSR count).